The van der Waals surface area contributed by atoms with Crippen molar-refractivity contribution in [2.75, 3.05) is 11.9 Å². The second-order valence-corrected chi connectivity index (χ2v) is 8.33. The first-order chi connectivity index (χ1) is 13.5. The molecule has 0 aliphatic rings. The van der Waals surface area contributed by atoms with Gasteiger partial charge >= 0.3 is 5.97 Å². The Kier molecular flexibility index (Phi) is 6.84. The first-order valence-electron chi connectivity index (χ1n) is 8.94. The number of rotatable bonds is 9. The molecule has 2 atom stereocenters. The van der Waals surface area contributed by atoms with E-state index in [0.717, 1.165) is 21.2 Å². The predicted molar refractivity (Wildman–Crippen MR) is 113 cm³/mol. The normalized spacial score (nSPS) is 14.6. The molecule has 0 radical (unpaired) electrons. The zero-order valence-electron chi connectivity index (χ0n) is 15.2. The molecule has 144 valence electrons. The molecule has 0 saturated carbocycles. The second-order valence-electron chi connectivity index (χ2n) is 6.69. The summed E-state index contributed by atoms with van der Waals surface area (Å²) in [7, 11) is -0.385. The molecule has 0 spiro atoms. The number of aliphatic carboxylic acids is 1. The number of thioether (sulfide) groups is 1. The number of carbonyl (C=O) groups is 1. The van der Waals surface area contributed by atoms with Gasteiger partial charge in [-0.3, -0.25) is 4.57 Å². The number of carboxylic acids is 1. The van der Waals surface area contributed by atoms with Crippen LogP contribution in [-0.2, 0) is 15.8 Å². The number of fused-ring (bicyclic) bond motifs is 1. The van der Waals surface area contributed by atoms with Crippen LogP contribution in [0.1, 0.15) is 5.56 Å². The molecule has 0 aliphatic heterocycles. The fraction of sp³-hybridized carbons (Fsp3) is 0.227. The summed E-state index contributed by atoms with van der Waals surface area (Å²) < 4.78 is 11.2. The minimum Gasteiger partial charge on any atom is -0.479 e. The second kappa shape index (κ2) is 9.33. The van der Waals surface area contributed by atoms with Gasteiger partial charge in [0.15, 0.2) is 14.1 Å². The van der Waals surface area contributed by atoms with E-state index in [1.165, 1.54) is 11.8 Å². The van der Waals surface area contributed by atoms with Gasteiger partial charge in [0.05, 0.1) is 6.16 Å². The van der Waals surface area contributed by atoms with Crippen molar-refractivity contribution < 1.29 is 19.6 Å². The summed E-state index contributed by atoms with van der Waals surface area (Å²) in [6.45, 7) is 0. The van der Waals surface area contributed by atoms with Crippen LogP contribution in [-0.4, -0.2) is 33.7 Å². The van der Waals surface area contributed by atoms with Crippen molar-refractivity contribution in [3.63, 3.8) is 0 Å². The maximum absolute atomic E-state index is 11.9. The highest BCUT2D eigenvalue weighted by Crippen LogP contribution is 2.34. The summed E-state index contributed by atoms with van der Waals surface area (Å²) in [5, 5.41) is 22.8. The maximum Gasteiger partial charge on any atom is 0.336 e. The van der Waals surface area contributed by atoms with Gasteiger partial charge in [-0.05, 0) is 28.8 Å². The van der Waals surface area contributed by atoms with Crippen molar-refractivity contribution in [1.82, 2.24) is 0 Å². The Morgan fingerprint density at radius 1 is 1.00 bits per heavy atom. The molecule has 3 rings (SSSR count). The molecule has 0 aromatic heterocycles. The molecular weight excluding hydrogens is 391 g/mol. The lowest BCUT2D eigenvalue weighted by atomic mass is 9.85. The minimum absolute atomic E-state index is 0.337. The van der Waals surface area contributed by atoms with E-state index in [1.807, 2.05) is 72.8 Å². The van der Waals surface area contributed by atoms with E-state index in [1.54, 1.807) is 0 Å². The minimum atomic E-state index is -2.06. The number of carboxylic acid groups (broad SMARTS) is 1. The summed E-state index contributed by atoms with van der Waals surface area (Å²) in [5.41, 5.74) is -1.12. The lowest BCUT2D eigenvalue weighted by molar-refractivity contribution is -0.160. The third kappa shape index (κ3) is 4.61. The van der Waals surface area contributed by atoms with Crippen LogP contribution in [0.3, 0.4) is 0 Å². The molecule has 0 heterocycles. The Balaban J connectivity index is 1.90. The SMILES string of the molecule is O=PCC(O)(C(=O)O)C(CSc1cccc2ccccc12)Cc1ccccc1. The van der Waals surface area contributed by atoms with Crippen LogP contribution in [0.15, 0.2) is 77.7 Å². The molecule has 28 heavy (non-hydrogen) atoms. The average Bonchev–Trinajstić information content (AvgIpc) is 2.71. The largest absolute Gasteiger partial charge is 0.479 e. The van der Waals surface area contributed by atoms with Gasteiger partial charge in [-0.25, -0.2) is 4.79 Å². The van der Waals surface area contributed by atoms with Gasteiger partial charge in [0, 0.05) is 16.6 Å². The Morgan fingerprint density at radius 3 is 2.39 bits per heavy atom. The van der Waals surface area contributed by atoms with Crippen LogP contribution in [0, 0.1) is 5.92 Å². The van der Waals surface area contributed by atoms with Gasteiger partial charge in [-0.2, -0.15) is 0 Å². The van der Waals surface area contributed by atoms with Crippen LogP contribution in [0.5, 0.6) is 0 Å². The Morgan fingerprint density at radius 2 is 1.68 bits per heavy atom. The van der Waals surface area contributed by atoms with E-state index in [0.29, 0.717) is 12.2 Å². The fourth-order valence-electron chi connectivity index (χ4n) is 3.25. The van der Waals surface area contributed by atoms with Gasteiger partial charge in [-0.15, -0.1) is 11.8 Å². The molecular formula is C22H21O4PS. The standard InChI is InChI=1S/C22H21O4PS/c23-21(24)22(25,15-27-26)18(13-16-7-2-1-3-8-16)14-28-20-12-6-10-17-9-4-5-11-19(17)20/h1-12,18,25H,13-15H2,(H,23,24). The van der Waals surface area contributed by atoms with Gasteiger partial charge in [0.25, 0.3) is 0 Å². The number of aliphatic hydroxyl groups is 1. The third-order valence-electron chi connectivity index (χ3n) is 4.87. The zero-order valence-corrected chi connectivity index (χ0v) is 16.9. The Hall–Kier alpha value is -2.20. The lowest BCUT2D eigenvalue weighted by Gasteiger charge is -2.31. The highest BCUT2D eigenvalue weighted by atomic mass is 32.2. The molecule has 0 aliphatic carbocycles. The summed E-state index contributed by atoms with van der Waals surface area (Å²) in [5.74, 6) is -1.55. The Labute approximate surface area is 169 Å². The van der Waals surface area contributed by atoms with Crippen molar-refractivity contribution in [2.24, 2.45) is 5.92 Å². The van der Waals surface area contributed by atoms with Crippen LogP contribution in [0.25, 0.3) is 10.8 Å². The van der Waals surface area contributed by atoms with E-state index in [4.69, 9.17) is 0 Å². The number of hydrogen-bond acceptors (Lipinski definition) is 4. The van der Waals surface area contributed by atoms with E-state index in [2.05, 4.69) is 0 Å². The summed E-state index contributed by atoms with van der Waals surface area (Å²) in [6.07, 6.45) is 0.0485. The van der Waals surface area contributed by atoms with Gasteiger partial charge in [-0.1, -0.05) is 66.7 Å². The zero-order chi connectivity index (χ0) is 20.0. The molecule has 0 saturated heterocycles. The van der Waals surface area contributed by atoms with E-state index >= 15 is 0 Å². The highest BCUT2D eigenvalue weighted by molar-refractivity contribution is 7.99. The molecule has 0 amide bonds. The maximum atomic E-state index is 11.9. The van der Waals surface area contributed by atoms with Crippen LogP contribution < -0.4 is 0 Å². The van der Waals surface area contributed by atoms with Crippen molar-refractivity contribution in [3.8, 4) is 0 Å². The van der Waals surface area contributed by atoms with Crippen molar-refractivity contribution >= 4 is 37.0 Å². The Bertz CT molecular complexity index is 958. The smallest absolute Gasteiger partial charge is 0.336 e. The molecule has 3 aromatic rings. The predicted octanol–water partition coefficient (Wildman–Crippen LogP) is 4.90. The van der Waals surface area contributed by atoms with Crippen LogP contribution in [0.4, 0.5) is 0 Å². The third-order valence-corrected chi connectivity index (χ3v) is 6.71. The van der Waals surface area contributed by atoms with Gasteiger partial charge in [0.1, 0.15) is 0 Å². The lowest BCUT2D eigenvalue weighted by Crippen LogP contribution is -2.49. The molecule has 6 heteroatoms. The van der Waals surface area contributed by atoms with Gasteiger partial charge in [0.2, 0.25) is 0 Å². The first-order valence-corrected chi connectivity index (χ1v) is 10.9. The quantitative estimate of drug-likeness (QED) is 0.386. The fourth-order valence-corrected chi connectivity index (χ4v) is 5.13. The van der Waals surface area contributed by atoms with E-state index in [-0.39, 0.29) is 14.6 Å². The van der Waals surface area contributed by atoms with Gasteiger partial charge < -0.3 is 10.2 Å². The molecule has 0 bridgehead atoms. The summed E-state index contributed by atoms with van der Waals surface area (Å²) >= 11 is 1.52. The first kappa shape index (κ1) is 20.5. The topological polar surface area (TPSA) is 74.6 Å². The monoisotopic (exact) mass is 412 g/mol. The van der Waals surface area contributed by atoms with Crippen molar-refractivity contribution in [3.05, 3.63) is 78.4 Å². The highest BCUT2D eigenvalue weighted by Gasteiger charge is 2.44. The van der Waals surface area contributed by atoms with Crippen LogP contribution >= 0.6 is 20.2 Å². The molecule has 4 nitrogen and oxygen atoms in total. The van der Waals surface area contributed by atoms with Crippen molar-refractivity contribution in [2.45, 2.75) is 16.9 Å². The van der Waals surface area contributed by atoms with Crippen molar-refractivity contribution in [1.29, 1.82) is 0 Å². The summed E-state index contributed by atoms with van der Waals surface area (Å²) in [6, 6.07) is 23.5. The van der Waals surface area contributed by atoms with Crippen LogP contribution in [0.2, 0.25) is 0 Å². The summed E-state index contributed by atoms with van der Waals surface area (Å²) in [4.78, 5) is 12.9. The number of hydrogen-bond donors (Lipinski definition) is 2. The molecule has 2 N–H and O–H groups in total. The number of benzene rings is 3. The molecule has 0 fully saturated rings. The average molecular weight is 412 g/mol. The molecule has 3 aromatic carbocycles. The van der Waals surface area contributed by atoms with E-state index in [9.17, 15) is 19.6 Å². The van der Waals surface area contributed by atoms with E-state index < -0.39 is 17.5 Å². The molecule has 2 unspecified atom stereocenters.